The molecule has 0 radical (unpaired) electrons. The van der Waals surface area contributed by atoms with Crippen LogP contribution in [0.2, 0.25) is 0 Å². The number of unbranched alkanes of at least 4 members (excludes halogenated alkanes) is 18. The Balaban J connectivity index is 1.39. The molecule has 0 fully saturated rings. The molecule has 0 saturated heterocycles. The van der Waals surface area contributed by atoms with Gasteiger partial charge in [0.1, 0.15) is 19.0 Å². The first-order chi connectivity index (χ1) is 29.6. The summed E-state index contributed by atoms with van der Waals surface area (Å²) in [5, 5.41) is 9.03. The smallest absolute Gasteiger partial charge is 0.338 e. The summed E-state index contributed by atoms with van der Waals surface area (Å²) >= 11 is 0. The van der Waals surface area contributed by atoms with Gasteiger partial charge in [0.05, 0.1) is 50.0 Å². The van der Waals surface area contributed by atoms with Crippen LogP contribution in [0, 0.1) is 0 Å². The number of anilines is 1. The van der Waals surface area contributed by atoms with Crippen molar-refractivity contribution in [3.63, 3.8) is 0 Å². The number of methoxy groups -OCH3 is 1. The molecule has 60 heavy (non-hydrogen) atoms. The van der Waals surface area contributed by atoms with Crippen LogP contribution in [0.1, 0.15) is 158 Å². The maximum atomic E-state index is 12.4. The van der Waals surface area contributed by atoms with Crippen molar-refractivity contribution >= 4 is 23.0 Å². The molecule has 0 unspecified atom stereocenters. The summed E-state index contributed by atoms with van der Waals surface area (Å²) in [6, 6.07) is 23.4. The number of esters is 1. The molecule has 0 aliphatic carbocycles. The molecule has 9 nitrogen and oxygen atoms in total. The van der Waals surface area contributed by atoms with Crippen molar-refractivity contribution in [1.29, 1.82) is 0 Å². The van der Waals surface area contributed by atoms with Crippen molar-refractivity contribution in [3.05, 3.63) is 83.9 Å². The first-order valence-corrected chi connectivity index (χ1v) is 23.5. The number of hydrogen-bond acceptors (Lipinski definition) is 9. The molecule has 0 saturated carbocycles. The average molecular weight is 830 g/mol. The van der Waals surface area contributed by atoms with Crippen LogP contribution in [0.3, 0.4) is 0 Å². The van der Waals surface area contributed by atoms with Gasteiger partial charge in [0, 0.05) is 25.9 Å². The molecule has 0 bridgehead atoms. The SMILES string of the molecule is CCCCCCCCCCCCN(CCCCCCCCCCCC)c1ccc(N=Nc2ccc(OCc3ccc(C(=O)OCCOCCOCCOC)cc3)cc2)cc1. The molecule has 0 aliphatic rings. The second-order valence-corrected chi connectivity index (χ2v) is 15.9. The number of carbonyl (C=O) groups excluding carboxylic acids is 1. The summed E-state index contributed by atoms with van der Waals surface area (Å²) in [5.74, 6) is 0.347. The summed E-state index contributed by atoms with van der Waals surface area (Å²) in [5.41, 5.74) is 4.32. The number of benzene rings is 3. The fourth-order valence-electron chi connectivity index (χ4n) is 7.05. The molecule has 3 aromatic rings. The van der Waals surface area contributed by atoms with E-state index in [4.69, 9.17) is 23.7 Å². The highest BCUT2D eigenvalue weighted by molar-refractivity contribution is 5.89. The van der Waals surface area contributed by atoms with E-state index < -0.39 is 0 Å². The van der Waals surface area contributed by atoms with Crippen LogP contribution >= 0.6 is 0 Å². The number of nitrogens with zero attached hydrogens (tertiary/aromatic N) is 3. The average Bonchev–Trinajstić information content (AvgIpc) is 3.28. The Kier molecular flexibility index (Phi) is 29.4. The Morgan fingerprint density at radius 2 is 0.933 bits per heavy atom. The Morgan fingerprint density at radius 1 is 0.500 bits per heavy atom. The van der Waals surface area contributed by atoms with Crippen molar-refractivity contribution in [2.75, 3.05) is 64.7 Å². The molecule has 0 amide bonds. The van der Waals surface area contributed by atoms with E-state index in [0.29, 0.717) is 45.2 Å². The summed E-state index contributed by atoms with van der Waals surface area (Å²) < 4.78 is 27.0. The molecule has 9 heteroatoms. The lowest BCUT2D eigenvalue weighted by atomic mass is 10.1. The highest BCUT2D eigenvalue weighted by atomic mass is 16.6. The van der Waals surface area contributed by atoms with Gasteiger partial charge >= 0.3 is 5.97 Å². The molecular formula is C51H79N3O6. The first-order valence-electron chi connectivity index (χ1n) is 23.5. The van der Waals surface area contributed by atoms with Crippen LogP contribution in [-0.2, 0) is 25.6 Å². The Bertz CT molecular complexity index is 1460. The molecule has 3 rings (SSSR count). The van der Waals surface area contributed by atoms with E-state index in [1.54, 1.807) is 19.2 Å². The van der Waals surface area contributed by atoms with Crippen molar-refractivity contribution in [1.82, 2.24) is 0 Å². The molecule has 3 aromatic carbocycles. The standard InChI is InChI=1S/C51H79N3O6/c1-4-6-8-10-12-14-16-18-20-22-36-54(37-23-21-19-17-15-13-11-9-7-5-2)49-32-28-47(29-33-49)52-53-48-30-34-50(35-31-48)60-44-45-24-26-46(27-25-45)51(55)59-43-42-58-41-40-57-39-38-56-3/h24-35H,4-23,36-44H2,1-3H3. The van der Waals surface area contributed by atoms with Crippen LogP contribution in [0.15, 0.2) is 83.0 Å². The van der Waals surface area contributed by atoms with Gasteiger partial charge in [0.15, 0.2) is 0 Å². The Hall–Kier alpha value is -3.79. The van der Waals surface area contributed by atoms with E-state index in [1.165, 1.54) is 134 Å². The summed E-state index contributed by atoms with van der Waals surface area (Å²) in [4.78, 5) is 15.0. The second-order valence-electron chi connectivity index (χ2n) is 15.9. The molecular weight excluding hydrogens is 751 g/mol. The van der Waals surface area contributed by atoms with Crippen molar-refractivity contribution in [2.45, 2.75) is 149 Å². The van der Waals surface area contributed by atoms with E-state index in [9.17, 15) is 4.79 Å². The lowest BCUT2D eigenvalue weighted by Gasteiger charge is -2.25. The normalized spacial score (nSPS) is 11.4. The van der Waals surface area contributed by atoms with Crippen LogP contribution in [0.5, 0.6) is 5.75 Å². The van der Waals surface area contributed by atoms with E-state index in [1.807, 2.05) is 36.4 Å². The van der Waals surface area contributed by atoms with E-state index in [0.717, 1.165) is 35.8 Å². The van der Waals surface area contributed by atoms with E-state index in [-0.39, 0.29) is 12.6 Å². The number of rotatable bonds is 38. The van der Waals surface area contributed by atoms with Crippen molar-refractivity contribution < 1.29 is 28.5 Å². The minimum absolute atomic E-state index is 0.182. The zero-order chi connectivity index (χ0) is 42.6. The summed E-state index contributed by atoms with van der Waals surface area (Å²) in [7, 11) is 1.63. The zero-order valence-electron chi connectivity index (χ0n) is 37.7. The molecule has 0 atom stereocenters. The molecule has 0 aliphatic heterocycles. The summed E-state index contributed by atoms with van der Waals surface area (Å²) in [6.07, 6.45) is 27.2. The van der Waals surface area contributed by atoms with Gasteiger partial charge in [-0.15, -0.1) is 0 Å². The van der Waals surface area contributed by atoms with Gasteiger partial charge in [-0.3, -0.25) is 0 Å². The lowest BCUT2D eigenvalue weighted by Crippen LogP contribution is -2.25. The fraction of sp³-hybridized carbons (Fsp3) is 0.627. The minimum atomic E-state index is -0.385. The van der Waals surface area contributed by atoms with Crippen LogP contribution in [-0.4, -0.2) is 65.8 Å². The van der Waals surface area contributed by atoms with Gasteiger partial charge in [-0.1, -0.05) is 142 Å². The Labute approximate surface area is 364 Å². The second kappa shape index (κ2) is 34.9. The third kappa shape index (κ3) is 24.5. The number of hydrogen-bond donors (Lipinski definition) is 0. The van der Waals surface area contributed by atoms with E-state index >= 15 is 0 Å². The maximum absolute atomic E-state index is 12.4. The largest absolute Gasteiger partial charge is 0.489 e. The van der Waals surface area contributed by atoms with Gasteiger partial charge in [-0.05, 0) is 79.1 Å². The minimum Gasteiger partial charge on any atom is -0.489 e. The van der Waals surface area contributed by atoms with Crippen molar-refractivity contribution in [2.24, 2.45) is 10.2 Å². The van der Waals surface area contributed by atoms with Gasteiger partial charge in [-0.2, -0.15) is 10.2 Å². The lowest BCUT2D eigenvalue weighted by molar-refractivity contribution is 0.00570. The van der Waals surface area contributed by atoms with Gasteiger partial charge in [-0.25, -0.2) is 4.79 Å². The topological polar surface area (TPSA) is 91.2 Å². The highest BCUT2D eigenvalue weighted by Crippen LogP contribution is 2.25. The van der Waals surface area contributed by atoms with E-state index in [2.05, 4.69) is 53.2 Å². The molecule has 0 spiro atoms. The van der Waals surface area contributed by atoms with Crippen LogP contribution in [0.25, 0.3) is 0 Å². The van der Waals surface area contributed by atoms with Gasteiger partial charge < -0.3 is 28.6 Å². The van der Waals surface area contributed by atoms with Crippen molar-refractivity contribution in [3.8, 4) is 5.75 Å². The highest BCUT2D eigenvalue weighted by Gasteiger charge is 2.09. The summed E-state index contributed by atoms with van der Waals surface area (Å²) in [6.45, 7) is 9.69. The first kappa shape index (κ1) is 50.6. The molecule has 0 N–H and O–H groups in total. The molecule has 0 heterocycles. The third-order valence-electron chi connectivity index (χ3n) is 10.8. The number of azo groups is 1. The molecule has 0 aromatic heterocycles. The predicted molar refractivity (Wildman–Crippen MR) is 248 cm³/mol. The van der Waals surface area contributed by atoms with Gasteiger partial charge in [0.25, 0.3) is 0 Å². The zero-order valence-corrected chi connectivity index (χ0v) is 37.7. The fourth-order valence-corrected chi connectivity index (χ4v) is 7.05. The Morgan fingerprint density at radius 3 is 1.42 bits per heavy atom. The van der Waals surface area contributed by atoms with Crippen LogP contribution in [0.4, 0.5) is 17.1 Å². The molecule has 334 valence electrons. The maximum Gasteiger partial charge on any atom is 0.338 e. The monoisotopic (exact) mass is 830 g/mol. The third-order valence-corrected chi connectivity index (χ3v) is 10.8. The van der Waals surface area contributed by atoms with Crippen LogP contribution < -0.4 is 9.64 Å². The number of ether oxygens (including phenoxy) is 5. The quantitative estimate of drug-likeness (QED) is 0.0323. The predicted octanol–water partition coefficient (Wildman–Crippen LogP) is 14.2. The van der Waals surface area contributed by atoms with Gasteiger partial charge in [0.2, 0.25) is 0 Å². The number of carbonyl (C=O) groups is 1.